The molecule has 0 amide bonds. The molecular formula is C12H14N2OS2. The van der Waals surface area contributed by atoms with Gasteiger partial charge in [0, 0.05) is 12.2 Å². The van der Waals surface area contributed by atoms with Crippen molar-refractivity contribution < 1.29 is 5.11 Å². The van der Waals surface area contributed by atoms with E-state index in [9.17, 15) is 5.11 Å². The van der Waals surface area contributed by atoms with Gasteiger partial charge >= 0.3 is 0 Å². The zero-order valence-corrected chi connectivity index (χ0v) is 11.2. The van der Waals surface area contributed by atoms with Gasteiger partial charge < -0.3 is 5.11 Å². The molecule has 1 atom stereocenters. The fourth-order valence-corrected chi connectivity index (χ4v) is 3.05. The number of aryl methyl sites for hydroxylation is 1. The van der Waals surface area contributed by atoms with E-state index in [-0.39, 0.29) is 0 Å². The highest BCUT2D eigenvalue weighted by atomic mass is 32.2. The van der Waals surface area contributed by atoms with Crippen LogP contribution in [0.3, 0.4) is 0 Å². The zero-order chi connectivity index (χ0) is 12.1. The third-order valence-corrected chi connectivity index (χ3v) is 4.26. The van der Waals surface area contributed by atoms with Gasteiger partial charge in [0.05, 0.1) is 6.10 Å². The number of nitrogens with zero attached hydrogens (tertiary/aromatic N) is 2. The molecule has 90 valence electrons. The quantitative estimate of drug-likeness (QED) is 0.845. The number of aliphatic hydroxyl groups excluding tert-OH is 1. The summed E-state index contributed by atoms with van der Waals surface area (Å²) in [7, 11) is 0. The molecule has 2 aromatic rings. The van der Waals surface area contributed by atoms with Crippen LogP contribution in [0.1, 0.15) is 24.4 Å². The Bertz CT molecular complexity index is 459. The minimum Gasteiger partial charge on any atom is -0.388 e. The molecular weight excluding hydrogens is 252 g/mol. The van der Waals surface area contributed by atoms with Gasteiger partial charge in [-0.15, -0.1) is 0 Å². The number of hydrogen-bond acceptors (Lipinski definition) is 5. The lowest BCUT2D eigenvalue weighted by Gasteiger charge is -2.08. The number of thioether (sulfide) groups is 1. The lowest BCUT2D eigenvalue weighted by Crippen LogP contribution is -1.99. The lowest BCUT2D eigenvalue weighted by atomic mass is 10.1. The fraction of sp³-hybridized carbons (Fsp3) is 0.333. The molecule has 0 aliphatic heterocycles. The van der Waals surface area contributed by atoms with Crippen LogP contribution in [0.2, 0.25) is 0 Å². The first-order chi connectivity index (χ1) is 8.29. The summed E-state index contributed by atoms with van der Waals surface area (Å²) in [6.07, 6.45) is 0.411. The number of rotatable bonds is 5. The number of aliphatic hydroxyl groups is 1. The van der Waals surface area contributed by atoms with Crippen LogP contribution in [-0.4, -0.2) is 20.2 Å². The summed E-state index contributed by atoms with van der Waals surface area (Å²) in [4.78, 5) is 4.35. The van der Waals surface area contributed by atoms with Crippen molar-refractivity contribution in [3.8, 4) is 0 Å². The summed E-state index contributed by atoms with van der Waals surface area (Å²) >= 11 is 2.96. The van der Waals surface area contributed by atoms with E-state index in [1.54, 1.807) is 11.8 Å². The van der Waals surface area contributed by atoms with E-state index in [0.717, 1.165) is 22.1 Å². The maximum Gasteiger partial charge on any atom is 0.170 e. The van der Waals surface area contributed by atoms with Crippen LogP contribution in [-0.2, 0) is 6.42 Å². The minimum atomic E-state index is -0.449. The Balaban J connectivity index is 1.90. The van der Waals surface area contributed by atoms with E-state index in [0.29, 0.717) is 5.75 Å². The highest BCUT2D eigenvalue weighted by molar-refractivity contribution is 8.00. The van der Waals surface area contributed by atoms with Crippen molar-refractivity contribution in [3.05, 3.63) is 41.7 Å². The Morgan fingerprint density at radius 3 is 2.76 bits per heavy atom. The molecule has 1 unspecified atom stereocenters. The molecule has 0 aliphatic carbocycles. The molecule has 0 saturated carbocycles. The smallest absolute Gasteiger partial charge is 0.170 e. The first-order valence-electron chi connectivity index (χ1n) is 5.48. The Morgan fingerprint density at radius 2 is 2.12 bits per heavy atom. The molecule has 0 spiro atoms. The normalized spacial score (nSPS) is 12.6. The minimum absolute atomic E-state index is 0.449. The second kappa shape index (κ2) is 6.14. The number of hydrogen-bond donors (Lipinski definition) is 1. The molecule has 0 radical (unpaired) electrons. The molecule has 2 rings (SSSR count). The summed E-state index contributed by atoms with van der Waals surface area (Å²) in [6, 6.07) is 9.68. The van der Waals surface area contributed by atoms with Crippen LogP contribution >= 0.6 is 23.3 Å². The van der Waals surface area contributed by atoms with Gasteiger partial charge in [-0.05, 0) is 17.1 Å². The Morgan fingerprint density at radius 1 is 1.35 bits per heavy atom. The first kappa shape index (κ1) is 12.5. The van der Waals surface area contributed by atoms with Crippen molar-refractivity contribution in [2.75, 3.05) is 5.75 Å². The lowest BCUT2D eigenvalue weighted by molar-refractivity contribution is 0.204. The summed E-state index contributed by atoms with van der Waals surface area (Å²) < 4.78 is 5.14. The van der Waals surface area contributed by atoms with Gasteiger partial charge in [0.2, 0.25) is 0 Å². The van der Waals surface area contributed by atoms with E-state index in [1.165, 1.54) is 11.5 Å². The molecule has 17 heavy (non-hydrogen) atoms. The van der Waals surface area contributed by atoms with E-state index in [2.05, 4.69) is 9.36 Å². The zero-order valence-electron chi connectivity index (χ0n) is 9.54. The SMILES string of the molecule is CCc1nsc(SCC(O)c2ccccc2)n1. The third kappa shape index (κ3) is 3.52. The summed E-state index contributed by atoms with van der Waals surface area (Å²) in [6.45, 7) is 2.04. The predicted octanol–water partition coefficient (Wildman–Crippen LogP) is 2.93. The van der Waals surface area contributed by atoms with Gasteiger partial charge in [-0.25, -0.2) is 4.98 Å². The second-order valence-corrected chi connectivity index (χ2v) is 5.59. The van der Waals surface area contributed by atoms with E-state index in [1.807, 2.05) is 37.3 Å². The first-order valence-corrected chi connectivity index (χ1v) is 7.24. The Hall–Kier alpha value is -0.910. The summed E-state index contributed by atoms with van der Waals surface area (Å²) in [5.74, 6) is 1.49. The molecule has 3 nitrogen and oxygen atoms in total. The largest absolute Gasteiger partial charge is 0.388 e. The van der Waals surface area contributed by atoms with Crippen LogP contribution in [0.15, 0.2) is 34.7 Å². The van der Waals surface area contributed by atoms with E-state index < -0.39 is 6.10 Å². The van der Waals surface area contributed by atoms with Gasteiger partial charge in [0.1, 0.15) is 5.82 Å². The van der Waals surface area contributed by atoms with Crippen molar-refractivity contribution in [2.45, 2.75) is 23.8 Å². The van der Waals surface area contributed by atoms with Crippen LogP contribution in [0.4, 0.5) is 0 Å². The standard InChI is InChI=1S/C12H14N2OS2/c1-2-11-13-12(17-14-11)16-8-10(15)9-6-4-3-5-7-9/h3-7,10,15H,2,8H2,1H3. The molecule has 0 bridgehead atoms. The maximum absolute atomic E-state index is 9.98. The summed E-state index contributed by atoms with van der Waals surface area (Å²) in [5, 5.41) is 9.98. The van der Waals surface area contributed by atoms with Gasteiger partial charge in [-0.3, -0.25) is 0 Å². The molecule has 1 aromatic heterocycles. The fourth-order valence-electron chi connectivity index (χ4n) is 1.36. The van der Waals surface area contributed by atoms with E-state index in [4.69, 9.17) is 0 Å². The molecule has 0 saturated heterocycles. The number of aromatic nitrogens is 2. The van der Waals surface area contributed by atoms with Gasteiger partial charge in [0.25, 0.3) is 0 Å². The average Bonchev–Trinajstić information content (AvgIpc) is 2.85. The van der Waals surface area contributed by atoms with Crippen LogP contribution in [0.25, 0.3) is 0 Å². The van der Waals surface area contributed by atoms with Crippen molar-refractivity contribution in [1.29, 1.82) is 0 Å². The number of benzene rings is 1. The highest BCUT2D eigenvalue weighted by Gasteiger charge is 2.09. The molecule has 1 aromatic carbocycles. The molecule has 1 heterocycles. The van der Waals surface area contributed by atoms with Gasteiger partial charge in [-0.1, -0.05) is 49.0 Å². The van der Waals surface area contributed by atoms with Crippen molar-refractivity contribution >= 4 is 23.3 Å². The average molecular weight is 266 g/mol. The third-order valence-electron chi connectivity index (χ3n) is 2.31. The molecule has 0 aliphatic rings. The maximum atomic E-state index is 9.98. The monoisotopic (exact) mass is 266 g/mol. The van der Waals surface area contributed by atoms with Crippen molar-refractivity contribution in [2.24, 2.45) is 0 Å². The molecule has 0 fully saturated rings. The highest BCUT2D eigenvalue weighted by Crippen LogP contribution is 2.25. The van der Waals surface area contributed by atoms with E-state index >= 15 is 0 Å². The predicted molar refractivity (Wildman–Crippen MR) is 71.4 cm³/mol. The van der Waals surface area contributed by atoms with Gasteiger partial charge in [0.15, 0.2) is 4.34 Å². The Labute approximate surface area is 109 Å². The topological polar surface area (TPSA) is 46.0 Å². The van der Waals surface area contributed by atoms with Crippen LogP contribution in [0.5, 0.6) is 0 Å². The second-order valence-electron chi connectivity index (χ2n) is 3.57. The van der Waals surface area contributed by atoms with Crippen molar-refractivity contribution in [3.63, 3.8) is 0 Å². The van der Waals surface area contributed by atoms with Crippen LogP contribution in [0, 0.1) is 0 Å². The molecule has 5 heteroatoms. The Kier molecular flexibility index (Phi) is 4.53. The summed E-state index contributed by atoms with van der Waals surface area (Å²) in [5.41, 5.74) is 0.945. The van der Waals surface area contributed by atoms with Gasteiger partial charge in [-0.2, -0.15) is 4.37 Å². The molecule has 1 N–H and O–H groups in total. The van der Waals surface area contributed by atoms with Crippen LogP contribution < -0.4 is 0 Å². The van der Waals surface area contributed by atoms with Crippen molar-refractivity contribution in [1.82, 2.24) is 9.36 Å².